The van der Waals surface area contributed by atoms with Crippen LogP contribution in [0.3, 0.4) is 0 Å². The van der Waals surface area contributed by atoms with Gasteiger partial charge in [-0.25, -0.2) is 0 Å². The van der Waals surface area contributed by atoms with Gasteiger partial charge in [-0.2, -0.15) is 0 Å². The van der Waals surface area contributed by atoms with Crippen molar-refractivity contribution in [1.29, 1.82) is 0 Å². The average Bonchev–Trinajstić information content (AvgIpc) is 2.28. The van der Waals surface area contributed by atoms with E-state index in [0.29, 0.717) is 17.8 Å². The van der Waals surface area contributed by atoms with E-state index in [4.69, 9.17) is 5.73 Å². The Kier molecular flexibility index (Phi) is 4.20. The number of carbonyl (C=O) groups excluding carboxylic acids is 1. The molecule has 0 bridgehead atoms. The molecule has 0 radical (unpaired) electrons. The summed E-state index contributed by atoms with van der Waals surface area (Å²) in [6.45, 7) is 5.46. The zero-order valence-corrected chi connectivity index (χ0v) is 10.4. The first-order chi connectivity index (χ1) is 7.86. The van der Waals surface area contributed by atoms with E-state index in [1.807, 2.05) is 0 Å². The minimum Gasteiger partial charge on any atom is -0.391 e. The number of hydrogen-bond acceptors (Lipinski definition) is 4. The average molecular weight is 237 g/mol. The van der Waals surface area contributed by atoms with Crippen LogP contribution in [0.1, 0.15) is 36.8 Å². The third-order valence-electron chi connectivity index (χ3n) is 2.77. The van der Waals surface area contributed by atoms with Crippen LogP contribution in [0.25, 0.3) is 0 Å². The van der Waals surface area contributed by atoms with Crippen LogP contribution in [0.2, 0.25) is 0 Å². The number of hydrogen-bond donors (Lipinski definition) is 3. The van der Waals surface area contributed by atoms with Gasteiger partial charge in [0.15, 0.2) is 0 Å². The number of aromatic nitrogens is 1. The molecule has 4 N–H and O–H groups in total. The molecule has 0 aliphatic heterocycles. The van der Waals surface area contributed by atoms with Crippen molar-refractivity contribution in [3.05, 3.63) is 29.6 Å². The van der Waals surface area contributed by atoms with Gasteiger partial charge in [0.05, 0.1) is 17.3 Å². The fraction of sp³-hybridized carbons (Fsp3) is 0.500. The molecule has 0 spiro atoms. The summed E-state index contributed by atoms with van der Waals surface area (Å²) in [5, 5.41) is 12.3. The molecule has 1 amide bonds. The van der Waals surface area contributed by atoms with Crippen LogP contribution in [0, 0.1) is 0 Å². The summed E-state index contributed by atoms with van der Waals surface area (Å²) in [7, 11) is 0. The van der Waals surface area contributed by atoms with Gasteiger partial charge >= 0.3 is 0 Å². The van der Waals surface area contributed by atoms with Crippen LogP contribution in [0.4, 0.5) is 0 Å². The fourth-order valence-electron chi connectivity index (χ4n) is 1.20. The van der Waals surface area contributed by atoms with Gasteiger partial charge in [0.2, 0.25) is 0 Å². The first-order valence-corrected chi connectivity index (χ1v) is 5.52. The minimum absolute atomic E-state index is 0.243. The van der Waals surface area contributed by atoms with E-state index < -0.39 is 11.6 Å². The lowest BCUT2D eigenvalue weighted by Gasteiger charge is -2.29. The van der Waals surface area contributed by atoms with Gasteiger partial charge < -0.3 is 16.2 Å². The lowest BCUT2D eigenvalue weighted by Crippen LogP contribution is -2.51. The van der Waals surface area contributed by atoms with Crippen molar-refractivity contribution in [2.24, 2.45) is 5.73 Å². The van der Waals surface area contributed by atoms with E-state index in [1.54, 1.807) is 39.1 Å². The Hall–Kier alpha value is -1.46. The highest BCUT2D eigenvalue weighted by molar-refractivity contribution is 5.94. The normalized spacial score (nSPS) is 13.2. The molecule has 5 heteroatoms. The number of carbonyl (C=O) groups is 1. The molecule has 0 saturated carbocycles. The standard InChI is InChI=1S/C12H19N3O2/c1-8(16)12(2,3)15-11(17)9-4-5-14-10(6-9)7-13/h4-6,8,16H,7,13H2,1-3H3,(H,15,17). The Morgan fingerprint density at radius 2 is 2.29 bits per heavy atom. The van der Waals surface area contributed by atoms with Gasteiger partial charge in [-0.3, -0.25) is 9.78 Å². The van der Waals surface area contributed by atoms with Crippen molar-refractivity contribution in [3.8, 4) is 0 Å². The SMILES string of the molecule is CC(O)C(C)(C)NC(=O)c1ccnc(CN)c1. The maximum absolute atomic E-state index is 11.9. The highest BCUT2D eigenvalue weighted by Crippen LogP contribution is 2.10. The number of aliphatic hydroxyl groups excluding tert-OH is 1. The lowest BCUT2D eigenvalue weighted by atomic mass is 9.98. The molecule has 1 unspecified atom stereocenters. The molecule has 1 rings (SSSR count). The maximum Gasteiger partial charge on any atom is 0.251 e. The summed E-state index contributed by atoms with van der Waals surface area (Å²) in [5.74, 6) is -0.243. The Bertz CT molecular complexity index is 402. The van der Waals surface area contributed by atoms with E-state index >= 15 is 0 Å². The van der Waals surface area contributed by atoms with Crippen molar-refractivity contribution in [2.75, 3.05) is 0 Å². The number of nitrogens with one attached hydrogen (secondary N) is 1. The molecule has 0 aliphatic rings. The van der Waals surface area contributed by atoms with Gasteiger partial charge in [0.25, 0.3) is 5.91 Å². The summed E-state index contributed by atoms with van der Waals surface area (Å²) >= 11 is 0. The zero-order valence-electron chi connectivity index (χ0n) is 10.4. The van der Waals surface area contributed by atoms with Crippen LogP contribution >= 0.6 is 0 Å². The number of pyridine rings is 1. The maximum atomic E-state index is 11.9. The lowest BCUT2D eigenvalue weighted by molar-refractivity contribution is 0.0709. The Balaban J connectivity index is 2.83. The van der Waals surface area contributed by atoms with Crippen LogP contribution in [0.5, 0.6) is 0 Å². The van der Waals surface area contributed by atoms with Gasteiger partial charge in [-0.05, 0) is 32.9 Å². The van der Waals surface area contributed by atoms with Gasteiger partial charge in [-0.15, -0.1) is 0 Å². The highest BCUT2D eigenvalue weighted by Gasteiger charge is 2.26. The van der Waals surface area contributed by atoms with E-state index in [1.165, 1.54) is 0 Å². The number of nitrogens with two attached hydrogens (primary N) is 1. The van der Waals surface area contributed by atoms with Crippen molar-refractivity contribution >= 4 is 5.91 Å². The van der Waals surface area contributed by atoms with Gasteiger partial charge in [-0.1, -0.05) is 0 Å². The van der Waals surface area contributed by atoms with E-state index in [0.717, 1.165) is 0 Å². The molecule has 94 valence electrons. The summed E-state index contributed by atoms with van der Waals surface area (Å²) in [6, 6.07) is 3.26. The van der Waals surface area contributed by atoms with Crippen LogP contribution in [-0.4, -0.2) is 27.6 Å². The second-order valence-corrected chi connectivity index (χ2v) is 4.59. The molecule has 5 nitrogen and oxygen atoms in total. The van der Waals surface area contributed by atoms with Crippen LogP contribution in [0.15, 0.2) is 18.3 Å². The second-order valence-electron chi connectivity index (χ2n) is 4.59. The largest absolute Gasteiger partial charge is 0.391 e. The first kappa shape index (κ1) is 13.6. The fourth-order valence-corrected chi connectivity index (χ4v) is 1.20. The molecular weight excluding hydrogens is 218 g/mol. The number of aliphatic hydroxyl groups is 1. The zero-order chi connectivity index (χ0) is 13.1. The van der Waals surface area contributed by atoms with E-state index in [9.17, 15) is 9.90 Å². The number of nitrogens with zero attached hydrogens (tertiary/aromatic N) is 1. The monoisotopic (exact) mass is 237 g/mol. The van der Waals surface area contributed by atoms with Gasteiger partial charge in [0.1, 0.15) is 0 Å². The Morgan fingerprint density at radius 1 is 1.65 bits per heavy atom. The predicted octanol–water partition coefficient (Wildman–Crippen LogP) is 0.429. The molecule has 1 atom stereocenters. The molecule has 1 aromatic heterocycles. The van der Waals surface area contributed by atoms with Crippen molar-refractivity contribution in [1.82, 2.24) is 10.3 Å². The highest BCUT2D eigenvalue weighted by atomic mass is 16.3. The molecule has 0 aliphatic carbocycles. The Morgan fingerprint density at radius 3 is 2.82 bits per heavy atom. The summed E-state index contributed by atoms with van der Waals surface area (Å²) < 4.78 is 0. The predicted molar refractivity (Wildman–Crippen MR) is 65.4 cm³/mol. The molecule has 17 heavy (non-hydrogen) atoms. The van der Waals surface area contributed by atoms with Crippen molar-refractivity contribution in [2.45, 2.75) is 39.0 Å². The molecule has 1 heterocycles. The summed E-state index contributed by atoms with van der Waals surface area (Å²) in [6.07, 6.45) is 0.911. The smallest absolute Gasteiger partial charge is 0.251 e. The van der Waals surface area contributed by atoms with Crippen LogP contribution in [-0.2, 0) is 6.54 Å². The number of amides is 1. The van der Waals surface area contributed by atoms with E-state index in [2.05, 4.69) is 10.3 Å². The third kappa shape index (κ3) is 3.51. The molecular formula is C12H19N3O2. The first-order valence-electron chi connectivity index (χ1n) is 5.52. The topological polar surface area (TPSA) is 88.2 Å². The summed E-state index contributed by atoms with van der Waals surface area (Å²) in [5.41, 5.74) is 5.94. The Labute approximate surface area is 101 Å². The van der Waals surface area contributed by atoms with Crippen LogP contribution < -0.4 is 11.1 Å². The summed E-state index contributed by atoms with van der Waals surface area (Å²) in [4.78, 5) is 16.0. The molecule has 0 saturated heterocycles. The minimum atomic E-state index is -0.677. The molecule has 0 aromatic carbocycles. The van der Waals surface area contributed by atoms with Crippen molar-refractivity contribution in [3.63, 3.8) is 0 Å². The quantitative estimate of drug-likeness (QED) is 0.708. The van der Waals surface area contributed by atoms with Gasteiger partial charge in [0, 0.05) is 18.3 Å². The second kappa shape index (κ2) is 5.25. The number of rotatable bonds is 4. The van der Waals surface area contributed by atoms with E-state index in [-0.39, 0.29) is 5.91 Å². The molecule has 0 fully saturated rings. The molecule has 1 aromatic rings. The van der Waals surface area contributed by atoms with Crippen molar-refractivity contribution < 1.29 is 9.90 Å². The third-order valence-corrected chi connectivity index (χ3v) is 2.77.